The van der Waals surface area contributed by atoms with E-state index in [-0.39, 0.29) is 18.7 Å². The van der Waals surface area contributed by atoms with E-state index in [4.69, 9.17) is 5.11 Å². The van der Waals surface area contributed by atoms with Crippen LogP contribution in [-0.2, 0) is 6.54 Å². The molecule has 0 saturated carbocycles. The fraction of sp³-hybridized carbons (Fsp3) is 0.133. The first-order valence-electron chi connectivity index (χ1n) is 6.13. The van der Waals surface area contributed by atoms with Crippen LogP contribution >= 0.6 is 0 Å². The van der Waals surface area contributed by atoms with Crippen molar-refractivity contribution in [1.82, 2.24) is 15.3 Å². The van der Waals surface area contributed by atoms with E-state index >= 15 is 0 Å². The van der Waals surface area contributed by atoms with Gasteiger partial charge in [-0.05, 0) is 24.3 Å². The van der Waals surface area contributed by atoms with Crippen molar-refractivity contribution in [1.29, 1.82) is 0 Å². The fourth-order valence-corrected chi connectivity index (χ4v) is 1.61. The molecule has 0 aliphatic carbocycles. The topological polar surface area (TPSA) is 75.1 Å². The second-order valence-corrected chi connectivity index (χ2v) is 4.04. The van der Waals surface area contributed by atoms with Crippen molar-refractivity contribution in [2.45, 2.75) is 6.54 Å². The minimum atomic E-state index is -0.635. The quantitative estimate of drug-likeness (QED) is 0.821. The molecule has 1 amide bonds. The third-order valence-corrected chi connectivity index (χ3v) is 2.60. The van der Waals surface area contributed by atoms with Crippen LogP contribution in [0, 0.1) is 17.7 Å². The lowest BCUT2D eigenvalue weighted by Crippen LogP contribution is -2.24. The van der Waals surface area contributed by atoms with Crippen LogP contribution < -0.4 is 5.32 Å². The van der Waals surface area contributed by atoms with Gasteiger partial charge in [-0.1, -0.05) is 11.8 Å². The number of carbonyl (C=O) groups excluding carboxylic acids is 1. The molecule has 0 aliphatic rings. The molecule has 0 fully saturated rings. The maximum atomic E-state index is 13.7. The number of benzene rings is 1. The van der Waals surface area contributed by atoms with E-state index in [2.05, 4.69) is 27.1 Å². The molecule has 1 aromatic carbocycles. The van der Waals surface area contributed by atoms with E-state index in [0.717, 1.165) is 0 Å². The number of carbonyl (C=O) groups is 1. The van der Waals surface area contributed by atoms with Crippen LogP contribution in [0.4, 0.5) is 4.39 Å². The summed E-state index contributed by atoms with van der Waals surface area (Å²) in [4.78, 5) is 19.7. The number of halogens is 1. The Labute approximate surface area is 120 Å². The Kier molecular flexibility index (Phi) is 4.96. The molecule has 2 N–H and O–H groups in total. The second-order valence-electron chi connectivity index (χ2n) is 4.04. The van der Waals surface area contributed by atoms with Crippen LogP contribution in [0.5, 0.6) is 0 Å². The first-order valence-corrected chi connectivity index (χ1v) is 6.13. The number of hydrogen-bond acceptors (Lipinski definition) is 4. The molecule has 0 radical (unpaired) electrons. The fourth-order valence-electron chi connectivity index (χ4n) is 1.61. The van der Waals surface area contributed by atoms with Gasteiger partial charge in [0.25, 0.3) is 5.91 Å². The molecular formula is C15H12FN3O2. The summed E-state index contributed by atoms with van der Waals surface area (Å²) < 4.78 is 13.7. The highest BCUT2D eigenvalue weighted by Gasteiger charge is 2.12. The third-order valence-electron chi connectivity index (χ3n) is 2.60. The molecule has 2 rings (SSSR count). The average Bonchev–Trinajstić information content (AvgIpc) is 2.53. The molecule has 0 saturated heterocycles. The summed E-state index contributed by atoms with van der Waals surface area (Å²) in [6, 6.07) is 5.60. The van der Waals surface area contributed by atoms with E-state index in [0.29, 0.717) is 11.3 Å². The largest absolute Gasteiger partial charge is 0.384 e. The van der Waals surface area contributed by atoms with Gasteiger partial charge in [-0.2, -0.15) is 0 Å². The Bertz CT molecular complexity index is 693. The lowest BCUT2D eigenvalue weighted by atomic mass is 10.1. The van der Waals surface area contributed by atoms with Gasteiger partial charge in [-0.3, -0.25) is 4.79 Å². The van der Waals surface area contributed by atoms with Gasteiger partial charge in [0, 0.05) is 11.8 Å². The first-order chi connectivity index (χ1) is 10.2. The molecule has 0 unspecified atom stereocenters. The third kappa shape index (κ3) is 4.09. The van der Waals surface area contributed by atoms with Crippen LogP contribution in [0.25, 0.3) is 0 Å². The van der Waals surface area contributed by atoms with Crippen LogP contribution in [0.3, 0.4) is 0 Å². The molecule has 106 valence electrons. The number of hydrogen-bond donors (Lipinski definition) is 2. The normalized spacial score (nSPS) is 9.62. The summed E-state index contributed by atoms with van der Waals surface area (Å²) in [5.41, 5.74) is 0.974. The molecule has 6 heteroatoms. The molecule has 0 aliphatic heterocycles. The Hall–Kier alpha value is -2.78. The van der Waals surface area contributed by atoms with Gasteiger partial charge < -0.3 is 10.4 Å². The summed E-state index contributed by atoms with van der Waals surface area (Å²) in [5, 5.41) is 11.2. The highest BCUT2D eigenvalue weighted by molar-refractivity contribution is 5.94. The number of aliphatic hydroxyl groups is 1. The summed E-state index contributed by atoms with van der Waals surface area (Å²) in [7, 11) is 0. The van der Waals surface area contributed by atoms with Crippen molar-refractivity contribution >= 4 is 5.91 Å². The van der Waals surface area contributed by atoms with E-state index in [1.807, 2.05) is 0 Å². The van der Waals surface area contributed by atoms with Gasteiger partial charge in [0.1, 0.15) is 18.8 Å². The van der Waals surface area contributed by atoms with Gasteiger partial charge in [0.15, 0.2) is 0 Å². The minimum Gasteiger partial charge on any atom is -0.384 e. The Morgan fingerprint density at radius 2 is 2.24 bits per heavy atom. The summed E-state index contributed by atoms with van der Waals surface area (Å²) in [5.74, 6) is 3.87. The lowest BCUT2D eigenvalue weighted by molar-refractivity contribution is 0.0946. The first kappa shape index (κ1) is 14.6. The van der Waals surface area contributed by atoms with Gasteiger partial charge in [0.2, 0.25) is 0 Å². The monoisotopic (exact) mass is 285 g/mol. The SMILES string of the molecule is O=C(NCc1ccncn1)c1cc(C#CCO)ccc1F. The Morgan fingerprint density at radius 1 is 1.38 bits per heavy atom. The van der Waals surface area contributed by atoms with Crippen LogP contribution in [-0.4, -0.2) is 27.6 Å². The number of nitrogens with one attached hydrogen (secondary N) is 1. The molecule has 1 heterocycles. The standard InChI is InChI=1S/C15H12FN3O2/c16-14-4-3-11(2-1-7-20)8-13(14)15(21)18-9-12-5-6-17-10-19-12/h3-6,8,10,20H,7,9H2,(H,18,21). The minimum absolute atomic E-state index is 0.103. The zero-order chi connectivity index (χ0) is 15.1. The molecule has 5 nitrogen and oxygen atoms in total. The highest BCUT2D eigenvalue weighted by Crippen LogP contribution is 2.10. The van der Waals surface area contributed by atoms with Crippen molar-refractivity contribution in [2.24, 2.45) is 0 Å². The zero-order valence-electron chi connectivity index (χ0n) is 11.0. The van der Waals surface area contributed by atoms with Crippen molar-refractivity contribution in [3.8, 4) is 11.8 Å². The van der Waals surface area contributed by atoms with Crippen molar-refractivity contribution in [3.63, 3.8) is 0 Å². The molecule has 0 atom stereocenters. The number of amides is 1. The molecular weight excluding hydrogens is 273 g/mol. The maximum Gasteiger partial charge on any atom is 0.254 e. The summed E-state index contributed by atoms with van der Waals surface area (Å²) >= 11 is 0. The number of nitrogens with zero attached hydrogens (tertiary/aromatic N) is 2. The van der Waals surface area contributed by atoms with E-state index in [1.165, 1.54) is 24.5 Å². The van der Waals surface area contributed by atoms with Crippen LogP contribution in [0.2, 0.25) is 0 Å². The highest BCUT2D eigenvalue weighted by atomic mass is 19.1. The summed E-state index contributed by atoms with van der Waals surface area (Å²) in [6.07, 6.45) is 2.92. The van der Waals surface area contributed by atoms with Crippen molar-refractivity contribution in [3.05, 3.63) is 59.4 Å². The van der Waals surface area contributed by atoms with E-state index < -0.39 is 11.7 Å². The van der Waals surface area contributed by atoms with Crippen molar-refractivity contribution < 1.29 is 14.3 Å². The molecule has 0 bridgehead atoms. The maximum absolute atomic E-state index is 13.7. The van der Waals surface area contributed by atoms with Gasteiger partial charge >= 0.3 is 0 Å². The Morgan fingerprint density at radius 3 is 2.95 bits per heavy atom. The smallest absolute Gasteiger partial charge is 0.254 e. The Balaban J connectivity index is 2.11. The van der Waals surface area contributed by atoms with Crippen molar-refractivity contribution in [2.75, 3.05) is 6.61 Å². The molecule has 2 aromatic rings. The van der Waals surface area contributed by atoms with E-state index in [1.54, 1.807) is 12.3 Å². The number of aromatic nitrogens is 2. The van der Waals surface area contributed by atoms with Crippen LogP contribution in [0.15, 0.2) is 36.8 Å². The van der Waals surface area contributed by atoms with Crippen LogP contribution in [0.1, 0.15) is 21.6 Å². The summed E-state index contributed by atoms with van der Waals surface area (Å²) in [6.45, 7) is -0.125. The molecule has 1 aromatic heterocycles. The molecule has 0 spiro atoms. The second kappa shape index (κ2) is 7.12. The zero-order valence-corrected chi connectivity index (χ0v) is 11.0. The lowest BCUT2D eigenvalue weighted by Gasteiger charge is -2.06. The van der Waals surface area contributed by atoms with Gasteiger partial charge in [-0.25, -0.2) is 14.4 Å². The average molecular weight is 285 g/mol. The predicted molar refractivity (Wildman–Crippen MR) is 73.6 cm³/mol. The van der Waals surface area contributed by atoms with E-state index in [9.17, 15) is 9.18 Å². The molecule has 21 heavy (non-hydrogen) atoms. The number of rotatable bonds is 3. The van der Waals surface area contributed by atoms with Gasteiger partial charge in [0.05, 0.1) is 17.8 Å². The number of aliphatic hydroxyl groups excluding tert-OH is 1. The predicted octanol–water partition coefficient (Wildman–Crippen LogP) is 0.890. The van der Waals surface area contributed by atoms with Gasteiger partial charge in [-0.15, -0.1) is 0 Å².